The molecule has 36 heavy (non-hydrogen) atoms. The Morgan fingerprint density at radius 2 is 1.75 bits per heavy atom. The van der Waals surface area contributed by atoms with E-state index in [0.717, 1.165) is 33.9 Å². The summed E-state index contributed by atoms with van der Waals surface area (Å²) in [5.74, 6) is 2.08. The average Bonchev–Trinajstić information content (AvgIpc) is 3.44. The number of imidazole rings is 1. The third-order valence-corrected chi connectivity index (χ3v) is 6.96. The third kappa shape index (κ3) is 4.86. The standard InChI is InChI=1S/C30H33N3O3/c1-20(2)22-12-14-25(15-13-22)36-19-24(34)18-33-28-11-7-5-9-26(28)31-30(33)23-16-29(35)32(17-23)27-10-6-4-8-21(27)3/h4-15,20,23-24,34H,16-19H2,1-3H3. The van der Waals surface area contributed by atoms with E-state index < -0.39 is 6.10 Å². The second-order valence-electron chi connectivity index (χ2n) is 9.95. The molecule has 1 N–H and O–H groups in total. The number of amides is 1. The van der Waals surface area contributed by atoms with E-state index in [4.69, 9.17) is 9.72 Å². The van der Waals surface area contributed by atoms with Crippen molar-refractivity contribution in [2.45, 2.75) is 51.7 Å². The van der Waals surface area contributed by atoms with E-state index in [2.05, 4.69) is 30.5 Å². The topological polar surface area (TPSA) is 67.6 Å². The van der Waals surface area contributed by atoms with Gasteiger partial charge < -0.3 is 19.3 Å². The largest absolute Gasteiger partial charge is 0.491 e. The Morgan fingerprint density at radius 3 is 2.50 bits per heavy atom. The minimum atomic E-state index is -0.726. The molecule has 0 bridgehead atoms. The summed E-state index contributed by atoms with van der Waals surface area (Å²) in [5.41, 5.74) is 5.10. The van der Waals surface area contributed by atoms with Gasteiger partial charge in [0.2, 0.25) is 5.91 Å². The van der Waals surface area contributed by atoms with Crippen molar-refractivity contribution < 1.29 is 14.6 Å². The Balaban J connectivity index is 1.35. The van der Waals surface area contributed by atoms with Gasteiger partial charge in [0.15, 0.2) is 0 Å². The number of hydrogen-bond acceptors (Lipinski definition) is 4. The van der Waals surface area contributed by atoms with Gasteiger partial charge in [-0.2, -0.15) is 0 Å². The van der Waals surface area contributed by atoms with Crippen LogP contribution < -0.4 is 9.64 Å². The molecule has 0 spiro atoms. The summed E-state index contributed by atoms with van der Waals surface area (Å²) in [4.78, 5) is 19.8. The fraction of sp³-hybridized carbons (Fsp3) is 0.333. The van der Waals surface area contributed by atoms with Crippen LogP contribution in [0.15, 0.2) is 72.8 Å². The van der Waals surface area contributed by atoms with Crippen LogP contribution in [0.25, 0.3) is 11.0 Å². The molecule has 0 radical (unpaired) electrons. The van der Waals surface area contributed by atoms with E-state index >= 15 is 0 Å². The Labute approximate surface area is 212 Å². The number of carbonyl (C=O) groups is 1. The van der Waals surface area contributed by atoms with Crippen molar-refractivity contribution in [1.82, 2.24) is 9.55 Å². The number of para-hydroxylation sites is 3. The van der Waals surface area contributed by atoms with Crippen LogP contribution in [0.3, 0.4) is 0 Å². The zero-order valence-corrected chi connectivity index (χ0v) is 21.1. The quantitative estimate of drug-likeness (QED) is 0.363. The molecule has 2 unspecified atom stereocenters. The van der Waals surface area contributed by atoms with Crippen LogP contribution in [0.4, 0.5) is 5.69 Å². The first-order valence-corrected chi connectivity index (χ1v) is 12.6. The van der Waals surface area contributed by atoms with Gasteiger partial charge in [-0.25, -0.2) is 4.98 Å². The molecule has 2 atom stereocenters. The number of fused-ring (bicyclic) bond motifs is 1. The van der Waals surface area contributed by atoms with Gasteiger partial charge in [-0.05, 0) is 54.3 Å². The van der Waals surface area contributed by atoms with Gasteiger partial charge in [-0.3, -0.25) is 4.79 Å². The van der Waals surface area contributed by atoms with Crippen molar-refractivity contribution in [3.63, 3.8) is 0 Å². The fourth-order valence-electron chi connectivity index (χ4n) is 4.98. The van der Waals surface area contributed by atoms with E-state index in [1.807, 2.05) is 72.5 Å². The number of aliphatic hydroxyl groups excluding tert-OH is 1. The van der Waals surface area contributed by atoms with Crippen molar-refractivity contribution in [3.8, 4) is 5.75 Å². The van der Waals surface area contributed by atoms with Crippen LogP contribution in [0.5, 0.6) is 5.75 Å². The summed E-state index contributed by atoms with van der Waals surface area (Å²) in [6.07, 6.45) is -0.331. The maximum absolute atomic E-state index is 13.0. The van der Waals surface area contributed by atoms with Crippen LogP contribution in [0.2, 0.25) is 0 Å². The second-order valence-corrected chi connectivity index (χ2v) is 9.95. The van der Waals surface area contributed by atoms with Crippen molar-refractivity contribution in [1.29, 1.82) is 0 Å². The van der Waals surface area contributed by atoms with Crippen molar-refractivity contribution in [2.75, 3.05) is 18.1 Å². The normalized spacial score (nSPS) is 16.8. The molecule has 5 rings (SSSR count). The summed E-state index contributed by atoms with van der Waals surface area (Å²) in [6.45, 7) is 7.43. The van der Waals surface area contributed by atoms with Gasteiger partial charge in [0.25, 0.3) is 0 Å². The van der Waals surface area contributed by atoms with Crippen LogP contribution in [0, 0.1) is 6.92 Å². The summed E-state index contributed by atoms with van der Waals surface area (Å²) < 4.78 is 7.95. The van der Waals surface area contributed by atoms with Crippen molar-refractivity contribution in [3.05, 3.63) is 89.7 Å². The van der Waals surface area contributed by atoms with Gasteiger partial charge in [-0.15, -0.1) is 0 Å². The van der Waals surface area contributed by atoms with Crippen molar-refractivity contribution >= 4 is 22.6 Å². The minimum Gasteiger partial charge on any atom is -0.491 e. The highest BCUT2D eigenvalue weighted by molar-refractivity contribution is 5.97. The number of hydrogen-bond donors (Lipinski definition) is 1. The molecule has 1 aliphatic rings. The molecule has 0 aliphatic carbocycles. The Hall–Kier alpha value is -3.64. The van der Waals surface area contributed by atoms with Gasteiger partial charge in [0.05, 0.1) is 17.6 Å². The molecule has 1 amide bonds. The maximum Gasteiger partial charge on any atom is 0.227 e. The molecule has 186 valence electrons. The molecule has 1 aliphatic heterocycles. The van der Waals surface area contributed by atoms with E-state index in [1.165, 1.54) is 5.56 Å². The Morgan fingerprint density at radius 1 is 1.03 bits per heavy atom. The van der Waals surface area contributed by atoms with Crippen LogP contribution in [0.1, 0.15) is 49.1 Å². The highest BCUT2D eigenvalue weighted by Gasteiger charge is 2.35. The number of aryl methyl sites for hydroxylation is 1. The van der Waals surface area contributed by atoms with Crippen LogP contribution >= 0.6 is 0 Å². The lowest BCUT2D eigenvalue weighted by Crippen LogP contribution is -2.27. The SMILES string of the molecule is Cc1ccccc1N1CC(c2nc3ccccc3n2CC(O)COc2ccc(C(C)C)cc2)CC1=O. The third-order valence-electron chi connectivity index (χ3n) is 6.96. The van der Waals surface area contributed by atoms with Gasteiger partial charge in [-0.1, -0.05) is 56.3 Å². The van der Waals surface area contributed by atoms with Gasteiger partial charge >= 0.3 is 0 Å². The number of aromatic nitrogens is 2. The molecule has 1 aromatic heterocycles. The molecule has 1 fully saturated rings. The molecule has 6 heteroatoms. The minimum absolute atomic E-state index is 0.0544. The molecular formula is C30H33N3O3. The van der Waals surface area contributed by atoms with E-state index in [1.54, 1.807) is 0 Å². The summed E-state index contributed by atoms with van der Waals surface area (Å²) in [6, 6.07) is 23.9. The molecule has 1 saturated heterocycles. The highest BCUT2D eigenvalue weighted by Crippen LogP contribution is 2.34. The first-order chi connectivity index (χ1) is 17.4. The lowest BCUT2D eigenvalue weighted by molar-refractivity contribution is -0.117. The number of aliphatic hydroxyl groups is 1. The zero-order chi connectivity index (χ0) is 25.2. The first kappa shape index (κ1) is 24.1. The van der Waals surface area contributed by atoms with E-state index in [0.29, 0.717) is 25.4 Å². The van der Waals surface area contributed by atoms with E-state index in [9.17, 15) is 9.90 Å². The highest BCUT2D eigenvalue weighted by atomic mass is 16.5. The number of benzene rings is 3. The predicted molar refractivity (Wildman–Crippen MR) is 143 cm³/mol. The fourth-order valence-corrected chi connectivity index (χ4v) is 4.98. The number of nitrogens with zero attached hydrogens (tertiary/aromatic N) is 3. The maximum atomic E-state index is 13.0. The van der Waals surface area contributed by atoms with Crippen LogP contribution in [-0.2, 0) is 11.3 Å². The first-order valence-electron chi connectivity index (χ1n) is 12.6. The molecule has 6 nitrogen and oxygen atoms in total. The molecule has 0 saturated carbocycles. The smallest absolute Gasteiger partial charge is 0.227 e. The number of anilines is 1. The summed E-state index contributed by atoms with van der Waals surface area (Å²) in [7, 11) is 0. The lowest BCUT2D eigenvalue weighted by Gasteiger charge is -2.20. The monoisotopic (exact) mass is 483 g/mol. The number of rotatable bonds is 8. The molecule has 4 aromatic rings. The second kappa shape index (κ2) is 10.2. The average molecular weight is 484 g/mol. The van der Waals surface area contributed by atoms with Crippen molar-refractivity contribution in [2.24, 2.45) is 0 Å². The Kier molecular flexibility index (Phi) is 6.79. The van der Waals surface area contributed by atoms with Gasteiger partial charge in [0.1, 0.15) is 24.3 Å². The lowest BCUT2D eigenvalue weighted by atomic mass is 10.0. The predicted octanol–water partition coefficient (Wildman–Crippen LogP) is 5.43. The number of ether oxygens (including phenoxy) is 1. The number of carbonyl (C=O) groups excluding carboxylic acids is 1. The summed E-state index contributed by atoms with van der Waals surface area (Å²) in [5, 5.41) is 10.9. The Bertz CT molecular complexity index is 1360. The van der Waals surface area contributed by atoms with E-state index in [-0.39, 0.29) is 18.4 Å². The zero-order valence-electron chi connectivity index (χ0n) is 21.1. The summed E-state index contributed by atoms with van der Waals surface area (Å²) >= 11 is 0. The molecule has 3 aromatic carbocycles. The molecule has 2 heterocycles. The molecular weight excluding hydrogens is 450 g/mol. The van der Waals surface area contributed by atoms with Gasteiger partial charge in [0, 0.05) is 24.6 Å². The van der Waals surface area contributed by atoms with Crippen LogP contribution in [-0.4, -0.2) is 39.8 Å².